The van der Waals surface area contributed by atoms with E-state index in [4.69, 9.17) is 9.47 Å². The van der Waals surface area contributed by atoms with Crippen LogP contribution in [0.5, 0.6) is 11.5 Å². The van der Waals surface area contributed by atoms with Gasteiger partial charge in [0.2, 0.25) is 0 Å². The van der Waals surface area contributed by atoms with Gasteiger partial charge in [0, 0.05) is 11.2 Å². The molecule has 0 saturated heterocycles. The first-order valence-corrected chi connectivity index (χ1v) is 9.21. The lowest BCUT2D eigenvalue weighted by molar-refractivity contribution is 0.0734. The first-order valence-electron chi connectivity index (χ1n) is 8.76. The maximum absolute atomic E-state index is 12.3. The second-order valence-electron chi connectivity index (χ2n) is 8.01. The Labute approximate surface area is 162 Å². The number of aryl methyl sites for hydroxylation is 2. The van der Waals surface area contributed by atoms with Crippen LogP contribution in [0.25, 0.3) is 0 Å². The van der Waals surface area contributed by atoms with E-state index in [1.807, 2.05) is 39.8 Å². The van der Waals surface area contributed by atoms with Gasteiger partial charge in [-0.15, -0.1) is 0 Å². The Morgan fingerprint density at radius 3 is 2.04 bits per heavy atom. The maximum Gasteiger partial charge on any atom is 0.343 e. The minimum atomic E-state index is -0.379. The molecule has 26 heavy (non-hydrogen) atoms. The Morgan fingerprint density at radius 2 is 1.50 bits per heavy atom. The van der Waals surface area contributed by atoms with Crippen LogP contribution in [0.1, 0.15) is 55.6 Å². The van der Waals surface area contributed by atoms with Crippen molar-refractivity contribution in [2.24, 2.45) is 0 Å². The summed E-state index contributed by atoms with van der Waals surface area (Å²) in [4.78, 5) is 12.3. The SMILES string of the molecule is Cc1ccc(OC(=O)c2ccc(OC(C)(C)CC(C)(C)S)cc2)cc1C. The molecule has 0 radical (unpaired) electrons. The third kappa shape index (κ3) is 6.10. The molecule has 0 atom stereocenters. The number of ether oxygens (including phenoxy) is 2. The van der Waals surface area contributed by atoms with E-state index in [0.717, 1.165) is 17.7 Å². The van der Waals surface area contributed by atoms with E-state index in [1.54, 1.807) is 30.3 Å². The van der Waals surface area contributed by atoms with Crippen molar-refractivity contribution in [3.05, 3.63) is 59.2 Å². The summed E-state index contributed by atoms with van der Waals surface area (Å²) in [5.41, 5.74) is 2.39. The molecule has 140 valence electrons. The molecule has 2 rings (SSSR count). The molecule has 0 heterocycles. The normalized spacial score (nSPS) is 12.0. The van der Waals surface area contributed by atoms with Crippen LogP contribution in [-0.2, 0) is 0 Å². The molecule has 0 aliphatic carbocycles. The first-order chi connectivity index (χ1) is 12.0. The highest BCUT2D eigenvalue weighted by Crippen LogP contribution is 2.30. The number of carbonyl (C=O) groups excluding carboxylic acids is 1. The van der Waals surface area contributed by atoms with E-state index >= 15 is 0 Å². The van der Waals surface area contributed by atoms with Crippen molar-refractivity contribution in [1.82, 2.24) is 0 Å². The van der Waals surface area contributed by atoms with Gasteiger partial charge in [-0.2, -0.15) is 12.6 Å². The number of benzene rings is 2. The van der Waals surface area contributed by atoms with E-state index in [-0.39, 0.29) is 16.3 Å². The van der Waals surface area contributed by atoms with Crippen LogP contribution in [0, 0.1) is 13.8 Å². The van der Waals surface area contributed by atoms with E-state index in [0.29, 0.717) is 11.3 Å². The number of esters is 1. The Balaban J connectivity index is 2.04. The summed E-state index contributed by atoms with van der Waals surface area (Å²) >= 11 is 4.58. The monoisotopic (exact) mass is 372 g/mol. The Kier molecular flexibility index (Phi) is 6.07. The lowest BCUT2D eigenvalue weighted by Crippen LogP contribution is -2.35. The van der Waals surface area contributed by atoms with Crippen LogP contribution in [-0.4, -0.2) is 16.3 Å². The molecule has 0 aliphatic heterocycles. The zero-order valence-electron chi connectivity index (χ0n) is 16.4. The molecule has 0 aromatic heterocycles. The number of carbonyl (C=O) groups is 1. The van der Waals surface area contributed by atoms with Crippen molar-refractivity contribution in [1.29, 1.82) is 0 Å². The summed E-state index contributed by atoms with van der Waals surface area (Å²) in [7, 11) is 0. The molecule has 0 saturated carbocycles. The molecule has 0 N–H and O–H groups in total. The number of rotatable bonds is 6. The van der Waals surface area contributed by atoms with Gasteiger partial charge in [-0.05, 0) is 75.2 Å². The summed E-state index contributed by atoms with van der Waals surface area (Å²) in [5, 5.41) is 0. The first kappa shape index (κ1) is 20.4. The molecule has 0 fully saturated rings. The Bertz CT molecular complexity index is 771. The van der Waals surface area contributed by atoms with Crippen LogP contribution in [0.4, 0.5) is 0 Å². The number of hydrogen-bond acceptors (Lipinski definition) is 4. The van der Waals surface area contributed by atoms with Crippen LogP contribution < -0.4 is 9.47 Å². The van der Waals surface area contributed by atoms with Gasteiger partial charge in [0.05, 0.1) is 5.56 Å². The van der Waals surface area contributed by atoms with E-state index in [9.17, 15) is 4.79 Å². The van der Waals surface area contributed by atoms with Crippen LogP contribution in [0.3, 0.4) is 0 Å². The molecule has 3 nitrogen and oxygen atoms in total. The van der Waals surface area contributed by atoms with Crippen molar-refractivity contribution >= 4 is 18.6 Å². The molecule has 2 aromatic carbocycles. The minimum absolute atomic E-state index is 0.126. The molecule has 4 heteroatoms. The number of thiol groups is 1. The van der Waals surface area contributed by atoms with Gasteiger partial charge in [0.25, 0.3) is 0 Å². The molecule has 0 unspecified atom stereocenters. The molecule has 0 amide bonds. The molecule has 0 spiro atoms. The number of hydrogen-bond donors (Lipinski definition) is 1. The van der Waals surface area contributed by atoms with Gasteiger partial charge in [-0.25, -0.2) is 4.79 Å². The second kappa shape index (κ2) is 7.75. The molecular weight excluding hydrogens is 344 g/mol. The van der Waals surface area contributed by atoms with Gasteiger partial charge < -0.3 is 9.47 Å². The Morgan fingerprint density at radius 1 is 0.923 bits per heavy atom. The maximum atomic E-state index is 12.3. The molecular formula is C22H28O3S. The zero-order valence-corrected chi connectivity index (χ0v) is 17.3. The zero-order chi connectivity index (χ0) is 19.5. The fraction of sp³-hybridized carbons (Fsp3) is 0.409. The largest absolute Gasteiger partial charge is 0.488 e. The average molecular weight is 373 g/mol. The predicted molar refractivity (Wildman–Crippen MR) is 110 cm³/mol. The molecule has 0 bridgehead atoms. The summed E-state index contributed by atoms with van der Waals surface area (Å²) < 4.78 is 11.4. The standard InChI is InChI=1S/C22H28O3S/c1-15-7-10-19(13-16(15)2)24-20(23)17-8-11-18(12-9-17)25-21(3,4)14-22(5,6)26/h7-13,26H,14H2,1-6H3. The molecule has 0 aliphatic rings. The lowest BCUT2D eigenvalue weighted by atomic mass is 9.95. The summed E-state index contributed by atoms with van der Waals surface area (Å²) in [6.07, 6.45) is 0.791. The topological polar surface area (TPSA) is 35.5 Å². The third-order valence-electron chi connectivity index (χ3n) is 4.03. The van der Waals surface area contributed by atoms with Gasteiger partial charge in [-0.3, -0.25) is 0 Å². The highest BCUT2D eigenvalue weighted by molar-refractivity contribution is 7.81. The van der Waals surface area contributed by atoms with Gasteiger partial charge in [0.15, 0.2) is 0 Å². The van der Waals surface area contributed by atoms with E-state index in [2.05, 4.69) is 26.5 Å². The average Bonchev–Trinajstić information content (AvgIpc) is 2.48. The fourth-order valence-corrected chi connectivity index (χ4v) is 3.38. The van der Waals surface area contributed by atoms with Gasteiger partial charge in [-0.1, -0.05) is 19.9 Å². The van der Waals surface area contributed by atoms with Crippen molar-refractivity contribution in [3.63, 3.8) is 0 Å². The van der Waals surface area contributed by atoms with Gasteiger partial charge in [0.1, 0.15) is 17.1 Å². The Hall–Kier alpha value is -1.94. The minimum Gasteiger partial charge on any atom is -0.488 e. The predicted octanol–water partition coefficient (Wildman–Crippen LogP) is 5.78. The fourth-order valence-electron chi connectivity index (χ4n) is 3.00. The lowest BCUT2D eigenvalue weighted by Gasteiger charge is -2.32. The summed E-state index contributed by atoms with van der Waals surface area (Å²) in [5.74, 6) is 0.890. The van der Waals surface area contributed by atoms with Gasteiger partial charge >= 0.3 is 5.97 Å². The highest BCUT2D eigenvalue weighted by Gasteiger charge is 2.28. The highest BCUT2D eigenvalue weighted by atomic mass is 32.1. The quantitative estimate of drug-likeness (QED) is 0.397. The smallest absolute Gasteiger partial charge is 0.343 e. The van der Waals surface area contributed by atoms with Crippen molar-refractivity contribution < 1.29 is 14.3 Å². The van der Waals surface area contributed by atoms with Crippen molar-refractivity contribution in [2.75, 3.05) is 0 Å². The van der Waals surface area contributed by atoms with Crippen LogP contribution in [0.2, 0.25) is 0 Å². The van der Waals surface area contributed by atoms with Crippen molar-refractivity contribution in [3.8, 4) is 11.5 Å². The van der Waals surface area contributed by atoms with E-state index in [1.165, 1.54) is 5.56 Å². The molecule has 2 aromatic rings. The third-order valence-corrected chi connectivity index (χ3v) is 4.19. The van der Waals surface area contributed by atoms with E-state index < -0.39 is 0 Å². The summed E-state index contributed by atoms with van der Waals surface area (Å²) in [6.45, 7) is 12.2. The van der Waals surface area contributed by atoms with Crippen molar-refractivity contribution in [2.45, 2.75) is 58.3 Å². The van der Waals surface area contributed by atoms with Crippen LogP contribution >= 0.6 is 12.6 Å². The second-order valence-corrected chi connectivity index (χ2v) is 9.22. The van der Waals surface area contributed by atoms with Crippen LogP contribution in [0.15, 0.2) is 42.5 Å². The summed E-state index contributed by atoms with van der Waals surface area (Å²) in [6, 6.07) is 12.7.